The summed E-state index contributed by atoms with van der Waals surface area (Å²) < 4.78 is 0. The Balaban J connectivity index is 0.000000197. The van der Waals surface area contributed by atoms with Crippen LogP contribution in [0.25, 0.3) is 0 Å². The molecule has 1 N–H and O–H groups in total. The number of rotatable bonds is 2. The van der Waals surface area contributed by atoms with Crippen molar-refractivity contribution < 1.29 is 14.7 Å². The third-order valence-electron chi connectivity index (χ3n) is 4.58. The van der Waals surface area contributed by atoms with Gasteiger partial charge in [0.05, 0.1) is 10.8 Å². The Morgan fingerprint density at radius 1 is 1.04 bits per heavy atom. The van der Waals surface area contributed by atoms with Crippen molar-refractivity contribution in [1.82, 2.24) is 4.90 Å². The number of benzene rings is 2. The molecule has 26 heavy (non-hydrogen) atoms. The Bertz CT molecular complexity index is 801. The number of thioether (sulfide) groups is 1. The average molecular weight is 372 g/mol. The fourth-order valence-electron chi connectivity index (χ4n) is 2.82. The van der Waals surface area contributed by atoms with E-state index in [9.17, 15) is 9.59 Å². The summed E-state index contributed by atoms with van der Waals surface area (Å²) in [7, 11) is 1.87. The van der Waals surface area contributed by atoms with Crippen molar-refractivity contribution in [2.45, 2.75) is 39.0 Å². The summed E-state index contributed by atoms with van der Waals surface area (Å²) in [6.45, 7) is 7.92. The number of carbonyl (C=O) groups is 2. The lowest BCUT2D eigenvalue weighted by atomic mass is 10.0. The van der Waals surface area contributed by atoms with Gasteiger partial charge in [-0.15, -0.1) is 0 Å². The number of aryl methyl sites for hydroxylation is 3. The summed E-state index contributed by atoms with van der Waals surface area (Å²) in [5, 5.41) is 9.11. The van der Waals surface area contributed by atoms with E-state index in [-0.39, 0.29) is 16.5 Å². The lowest BCUT2D eigenvalue weighted by Crippen LogP contribution is -2.27. The van der Waals surface area contributed by atoms with Gasteiger partial charge in [-0.3, -0.25) is 4.79 Å². The smallest absolute Gasteiger partial charge is 0.335 e. The van der Waals surface area contributed by atoms with E-state index in [1.165, 1.54) is 22.9 Å². The van der Waals surface area contributed by atoms with Gasteiger partial charge in [0.25, 0.3) is 5.24 Å². The molecule has 0 saturated carbocycles. The van der Waals surface area contributed by atoms with Gasteiger partial charge in [-0.25, -0.2) is 4.79 Å². The molecule has 1 saturated heterocycles. The van der Waals surface area contributed by atoms with E-state index in [0.717, 1.165) is 11.1 Å². The number of amides is 1. The zero-order valence-corrected chi connectivity index (χ0v) is 16.6. The summed E-state index contributed by atoms with van der Waals surface area (Å²) in [4.78, 5) is 23.9. The monoisotopic (exact) mass is 371 g/mol. The molecule has 1 heterocycles. The lowest BCUT2D eigenvalue weighted by Gasteiger charge is -2.19. The maximum Gasteiger partial charge on any atom is 0.335 e. The SMILES string of the molecule is Cc1ccc(C(=O)O)c(C)c1.Cc1ccc(C2SC(=O)N(C)C2C)cc1. The Morgan fingerprint density at radius 2 is 1.62 bits per heavy atom. The van der Waals surface area contributed by atoms with Crippen LogP contribution in [0.1, 0.15) is 44.8 Å². The molecule has 1 aliphatic rings. The predicted molar refractivity (Wildman–Crippen MR) is 107 cm³/mol. The molecule has 0 aliphatic carbocycles. The summed E-state index contributed by atoms with van der Waals surface area (Å²) >= 11 is 1.43. The van der Waals surface area contributed by atoms with Crippen LogP contribution in [-0.2, 0) is 0 Å². The van der Waals surface area contributed by atoms with Crippen molar-refractivity contribution in [2.75, 3.05) is 7.05 Å². The zero-order chi connectivity index (χ0) is 19.4. The second-order valence-corrected chi connectivity index (χ2v) is 7.78. The number of hydrogen-bond acceptors (Lipinski definition) is 3. The molecule has 0 spiro atoms. The molecule has 2 atom stereocenters. The van der Waals surface area contributed by atoms with Crippen molar-refractivity contribution >= 4 is 23.0 Å². The molecule has 0 radical (unpaired) electrons. The Kier molecular flexibility index (Phi) is 6.48. The molecule has 3 rings (SSSR count). The molecule has 4 nitrogen and oxygen atoms in total. The summed E-state index contributed by atoms with van der Waals surface area (Å²) in [5.41, 5.74) is 4.80. The van der Waals surface area contributed by atoms with Crippen LogP contribution in [0.4, 0.5) is 4.79 Å². The molecule has 1 aliphatic heterocycles. The van der Waals surface area contributed by atoms with Crippen LogP contribution in [0.3, 0.4) is 0 Å². The average Bonchev–Trinajstić information content (AvgIpc) is 2.83. The van der Waals surface area contributed by atoms with Crippen LogP contribution in [0.2, 0.25) is 0 Å². The molecule has 2 aromatic carbocycles. The number of carboxylic acid groups (broad SMARTS) is 1. The summed E-state index contributed by atoms with van der Waals surface area (Å²) in [6, 6.07) is 14.0. The van der Waals surface area contributed by atoms with E-state index in [0.29, 0.717) is 5.56 Å². The number of carbonyl (C=O) groups excluding carboxylic acids is 1. The molecular formula is C21H25NO3S. The molecule has 1 amide bonds. The minimum absolute atomic E-state index is 0.174. The van der Waals surface area contributed by atoms with E-state index >= 15 is 0 Å². The van der Waals surface area contributed by atoms with Crippen molar-refractivity contribution in [1.29, 1.82) is 0 Å². The Morgan fingerprint density at radius 3 is 2.08 bits per heavy atom. The van der Waals surface area contributed by atoms with E-state index < -0.39 is 5.97 Å². The van der Waals surface area contributed by atoms with E-state index in [1.807, 2.05) is 24.9 Å². The van der Waals surface area contributed by atoms with E-state index in [2.05, 4.69) is 38.1 Å². The van der Waals surface area contributed by atoms with Gasteiger partial charge < -0.3 is 10.0 Å². The Labute approximate surface area is 159 Å². The van der Waals surface area contributed by atoms with Gasteiger partial charge in [0.2, 0.25) is 0 Å². The predicted octanol–water partition coefficient (Wildman–Crippen LogP) is 5.22. The van der Waals surface area contributed by atoms with Gasteiger partial charge in [-0.1, -0.05) is 59.3 Å². The quantitative estimate of drug-likeness (QED) is 0.786. The third-order valence-corrected chi connectivity index (χ3v) is 5.99. The van der Waals surface area contributed by atoms with Gasteiger partial charge in [0.15, 0.2) is 0 Å². The van der Waals surface area contributed by atoms with Crippen LogP contribution >= 0.6 is 11.8 Å². The maximum absolute atomic E-state index is 11.5. The largest absolute Gasteiger partial charge is 0.478 e. The molecule has 5 heteroatoms. The van der Waals surface area contributed by atoms with E-state index in [4.69, 9.17) is 5.11 Å². The van der Waals surface area contributed by atoms with Crippen LogP contribution in [0.5, 0.6) is 0 Å². The van der Waals surface area contributed by atoms with Crippen LogP contribution in [0.15, 0.2) is 42.5 Å². The van der Waals surface area contributed by atoms with Gasteiger partial charge in [0, 0.05) is 13.1 Å². The fraction of sp³-hybridized carbons (Fsp3) is 0.333. The fourth-order valence-corrected chi connectivity index (χ4v) is 4.04. The van der Waals surface area contributed by atoms with Crippen molar-refractivity contribution in [3.63, 3.8) is 0 Å². The van der Waals surface area contributed by atoms with Crippen LogP contribution in [0, 0.1) is 20.8 Å². The van der Waals surface area contributed by atoms with Gasteiger partial charge in [0.1, 0.15) is 0 Å². The highest BCUT2D eigenvalue weighted by Crippen LogP contribution is 2.42. The lowest BCUT2D eigenvalue weighted by molar-refractivity contribution is 0.0696. The van der Waals surface area contributed by atoms with Gasteiger partial charge >= 0.3 is 5.97 Å². The molecule has 2 aromatic rings. The number of likely N-dealkylation sites (N-methyl/N-ethyl adjacent to an activating group) is 1. The maximum atomic E-state index is 11.5. The number of aromatic carboxylic acids is 1. The molecule has 0 aromatic heterocycles. The first-order chi connectivity index (χ1) is 12.2. The minimum Gasteiger partial charge on any atom is -0.478 e. The second kappa shape index (κ2) is 8.41. The molecule has 1 fully saturated rings. The van der Waals surface area contributed by atoms with E-state index in [1.54, 1.807) is 19.1 Å². The summed E-state index contributed by atoms with van der Waals surface area (Å²) in [5.74, 6) is -0.859. The topological polar surface area (TPSA) is 57.6 Å². The summed E-state index contributed by atoms with van der Waals surface area (Å²) in [6.07, 6.45) is 0. The number of nitrogens with zero attached hydrogens (tertiary/aromatic N) is 1. The first-order valence-corrected chi connectivity index (χ1v) is 9.39. The highest BCUT2D eigenvalue weighted by molar-refractivity contribution is 8.14. The van der Waals surface area contributed by atoms with Crippen LogP contribution in [-0.4, -0.2) is 34.3 Å². The molecule has 2 unspecified atom stereocenters. The standard InChI is InChI=1S/C12H15NOS.C9H10O2/c1-8-4-6-10(7-5-8)11-9(2)13(3)12(14)15-11;1-6-3-4-8(9(10)11)7(2)5-6/h4-7,9,11H,1-3H3;3-5H,1-2H3,(H,10,11). The highest BCUT2D eigenvalue weighted by atomic mass is 32.2. The molecular weight excluding hydrogens is 346 g/mol. The highest BCUT2D eigenvalue weighted by Gasteiger charge is 2.35. The first-order valence-electron chi connectivity index (χ1n) is 8.51. The number of carboxylic acids is 1. The van der Waals surface area contributed by atoms with Crippen LogP contribution < -0.4 is 0 Å². The molecule has 0 bridgehead atoms. The normalized spacial score (nSPS) is 19.1. The minimum atomic E-state index is -0.859. The van der Waals surface area contributed by atoms with Gasteiger partial charge in [-0.05, 0) is 44.9 Å². The molecule has 138 valence electrons. The zero-order valence-electron chi connectivity index (χ0n) is 15.8. The van der Waals surface area contributed by atoms with Crippen molar-refractivity contribution in [3.8, 4) is 0 Å². The Hall–Kier alpha value is -2.27. The van der Waals surface area contributed by atoms with Crippen molar-refractivity contribution in [3.05, 3.63) is 70.3 Å². The third kappa shape index (κ3) is 4.67. The number of hydrogen-bond donors (Lipinski definition) is 1. The van der Waals surface area contributed by atoms with Crippen molar-refractivity contribution in [2.24, 2.45) is 0 Å². The first kappa shape index (κ1) is 20.0. The second-order valence-electron chi connectivity index (χ2n) is 6.69. The van der Waals surface area contributed by atoms with Gasteiger partial charge in [-0.2, -0.15) is 0 Å².